The van der Waals surface area contributed by atoms with E-state index in [-0.39, 0.29) is 12.0 Å². The van der Waals surface area contributed by atoms with E-state index in [9.17, 15) is 5.11 Å². The third-order valence-electron chi connectivity index (χ3n) is 5.02. The van der Waals surface area contributed by atoms with Gasteiger partial charge in [0.1, 0.15) is 0 Å². The van der Waals surface area contributed by atoms with Crippen LogP contribution < -0.4 is 0 Å². The topological polar surface area (TPSA) is 20.2 Å². The van der Waals surface area contributed by atoms with Gasteiger partial charge >= 0.3 is 0 Å². The predicted molar refractivity (Wildman–Crippen MR) is 79.5 cm³/mol. The first-order valence-electron chi connectivity index (χ1n) is 7.57. The van der Waals surface area contributed by atoms with E-state index < -0.39 is 0 Å². The lowest BCUT2D eigenvalue weighted by atomic mass is 9.68. The molecule has 0 spiro atoms. The quantitative estimate of drug-likeness (QED) is 0.676. The van der Waals surface area contributed by atoms with E-state index in [2.05, 4.69) is 45.9 Å². The molecule has 0 saturated heterocycles. The smallest absolute Gasteiger partial charge is 0.0572 e. The molecule has 104 valence electrons. The lowest BCUT2D eigenvalue weighted by Crippen LogP contribution is -2.26. The van der Waals surface area contributed by atoms with Crippen LogP contribution in [0.1, 0.15) is 60.3 Å². The highest BCUT2D eigenvalue weighted by molar-refractivity contribution is 5.25. The summed E-state index contributed by atoms with van der Waals surface area (Å²) in [6.45, 7) is 10.9. The number of aliphatic hydroxyl groups excluding tert-OH is 1. The second-order valence-corrected chi connectivity index (χ2v) is 5.77. The third-order valence-corrected chi connectivity index (χ3v) is 5.02. The summed E-state index contributed by atoms with van der Waals surface area (Å²) in [5.41, 5.74) is 2.02. The van der Waals surface area contributed by atoms with E-state index in [1.54, 1.807) is 5.57 Å². The fourth-order valence-electron chi connectivity index (χ4n) is 3.39. The summed E-state index contributed by atoms with van der Waals surface area (Å²) in [4.78, 5) is 0. The Morgan fingerprint density at radius 1 is 1.33 bits per heavy atom. The van der Waals surface area contributed by atoms with Crippen LogP contribution in [-0.4, -0.2) is 11.2 Å². The van der Waals surface area contributed by atoms with Gasteiger partial charge < -0.3 is 5.11 Å². The molecule has 1 nitrogen and oxygen atoms in total. The van der Waals surface area contributed by atoms with Crippen molar-refractivity contribution in [2.75, 3.05) is 0 Å². The van der Waals surface area contributed by atoms with E-state index in [0.717, 1.165) is 0 Å². The van der Waals surface area contributed by atoms with Crippen LogP contribution in [0, 0.1) is 17.3 Å². The summed E-state index contributed by atoms with van der Waals surface area (Å²) in [5, 5.41) is 9.57. The van der Waals surface area contributed by atoms with Crippen LogP contribution in [0.15, 0.2) is 23.8 Å². The maximum Gasteiger partial charge on any atom is 0.0572 e. The van der Waals surface area contributed by atoms with Gasteiger partial charge in [-0.2, -0.15) is 0 Å². The van der Waals surface area contributed by atoms with E-state index in [4.69, 9.17) is 0 Å². The van der Waals surface area contributed by atoms with Crippen molar-refractivity contribution in [3.05, 3.63) is 23.8 Å². The first-order chi connectivity index (χ1) is 8.51. The van der Waals surface area contributed by atoms with Crippen molar-refractivity contribution in [1.82, 2.24) is 0 Å². The molecule has 3 atom stereocenters. The van der Waals surface area contributed by atoms with Crippen molar-refractivity contribution >= 4 is 0 Å². The Kier molecular flexibility index (Phi) is 5.65. The summed E-state index contributed by atoms with van der Waals surface area (Å²) < 4.78 is 0. The summed E-state index contributed by atoms with van der Waals surface area (Å²) in [7, 11) is 0. The Bertz CT molecular complexity index is 308. The SMILES string of the molecule is CCC1=CCC(/C=C/C(C)C(C)O)C1(CC)CC. The highest BCUT2D eigenvalue weighted by Gasteiger charge is 2.39. The van der Waals surface area contributed by atoms with Gasteiger partial charge in [-0.3, -0.25) is 0 Å². The van der Waals surface area contributed by atoms with Gasteiger partial charge in [-0.15, -0.1) is 0 Å². The Labute approximate surface area is 113 Å². The van der Waals surface area contributed by atoms with E-state index in [1.807, 2.05) is 6.92 Å². The molecule has 0 aromatic rings. The molecular weight excluding hydrogens is 220 g/mol. The van der Waals surface area contributed by atoms with Crippen LogP contribution in [0.2, 0.25) is 0 Å². The monoisotopic (exact) mass is 250 g/mol. The zero-order valence-electron chi connectivity index (χ0n) is 12.7. The molecule has 0 aromatic heterocycles. The van der Waals surface area contributed by atoms with Crippen molar-refractivity contribution in [3.63, 3.8) is 0 Å². The predicted octanol–water partition coefficient (Wildman–Crippen LogP) is 4.72. The minimum Gasteiger partial charge on any atom is -0.393 e. The first kappa shape index (κ1) is 15.5. The molecule has 0 aliphatic heterocycles. The second kappa shape index (κ2) is 6.56. The Hall–Kier alpha value is -0.560. The molecule has 0 saturated carbocycles. The third kappa shape index (κ3) is 2.88. The van der Waals surface area contributed by atoms with Gasteiger partial charge in [-0.25, -0.2) is 0 Å². The summed E-state index contributed by atoms with van der Waals surface area (Å²) in [5.74, 6) is 0.880. The highest BCUT2D eigenvalue weighted by Crippen LogP contribution is 2.51. The molecule has 0 aromatic carbocycles. The fourth-order valence-corrected chi connectivity index (χ4v) is 3.39. The van der Waals surface area contributed by atoms with Gasteiger partial charge in [0.05, 0.1) is 6.10 Å². The highest BCUT2D eigenvalue weighted by atomic mass is 16.3. The van der Waals surface area contributed by atoms with Crippen LogP contribution >= 0.6 is 0 Å². The lowest BCUT2D eigenvalue weighted by Gasteiger charge is -2.36. The van der Waals surface area contributed by atoms with E-state index in [0.29, 0.717) is 11.3 Å². The normalized spacial score (nSPS) is 26.3. The van der Waals surface area contributed by atoms with E-state index >= 15 is 0 Å². The second-order valence-electron chi connectivity index (χ2n) is 5.77. The number of aliphatic hydroxyl groups is 1. The van der Waals surface area contributed by atoms with Gasteiger partial charge in [0.25, 0.3) is 0 Å². The summed E-state index contributed by atoms with van der Waals surface area (Å²) >= 11 is 0. The standard InChI is InChI=1S/C17H30O/c1-6-15-11-12-16(17(15,7-2)8-3)10-9-13(4)14(5)18/h9-11,13-14,16,18H,6-8,12H2,1-5H3/b10-9+. The molecule has 0 radical (unpaired) electrons. The Morgan fingerprint density at radius 3 is 2.39 bits per heavy atom. The van der Waals surface area contributed by atoms with Crippen LogP contribution in [0.25, 0.3) is 0 Å². The van der Waals surface area contributed by atoms with Crippen LogP contribution in [0.3, 0.4) is 0 Å². The minimum atomic E-state index is -0.251. The molecule has 0 amide bonds. The molecule has 1 heteroatoms. The Balaban J connectivity index is 2.85. The molecule has 0 bridgehead atoms. The zero-order chi connectivity index (χ0) is 13.8. The molecule has 1 N–H and O–H groups in total. The van der Waals surface area contributed by atoms with Gasteiger partial charge in [-0.1, -0.05) is 51.5 Å². The van der Waals surface area contributed by atoms with Crippen molar-refractivity contribution in [3.8, 4) is 0 Å². The van der Waals surface area contributed by atoms with Gasteiger partial charge in [0, 0.05) is 0 Å². The summed E-state index contributed by atoms with van der Waals surface area (Å²) in [6.07, 6.45) is 11.6. The molecule has 1 aliphatic rings. The number of rotatable bonds is 6. The van der Waals surface area contributed by atoms with Crippen molar-refractivity contribution in [2.24, 2.45) is 17.3 Å². The number of hydrogen-bond acceptors (Lipinski definition) is 1. The maximum atomic E-state index is 9.57. The largest absolute Gasteiger partial charge is 0.393 e. The molecule has 3 unspecified atom stereocenters. The first-order valence-corrected chi connectivity index (χ1v) is 7.57. The van der Waals surface area contributed by atoms with Crippen LogP contribution in [-0.2, 0) is 0 Å². The zero-order valence-corrected chi connectivity index (χ0v) is 12.7. The fraction of sp³-hybridized carbons (Fsp3) is 0.765. The van der Waals surface area contributed by atoms with Crippen molar-refractivity contribution in [2.45, 2.75) is 66.4 Å². The van der Waals surface area contributed by atoms with Gasteiger partial charge in [-0.05, 0) is 49.9 Å². The van der Waals surface area contributed by atoms with E-state index in [1.165, 1.54) is 25.7 Å². The average molecular weight is 250 g/mol. The van der Waals surface area contributed by atoms with Crippen LogP contribution in [0.4, 0.5) is 0 Å². The number of hydrogen-bond donors (Lipinski definition) is 1. The van der Waals surface area contributed by atoms with Gasteiger partial charge in [0.2, 0.25) is 0 Å². The molecule has 1 aliphatic carbocycles. The van der Waals surface area contributed by atoms with Gasteiger partial charge in [0.15, 0.2) is 0 Å². The molecule has 0 fully saturated rings. The Morgan fingerprint density at radius 2 is 1.94 bits per heavy atom. The number of allylic oxidation sites excluding steroid dienone is 3. The maximum absolute atomic E-state index is 9.57. The molecule has 1 rings (SSSR count). The summed E-state index contributed by atoms with van der Waals surface area (Å²) in [6, 6.07) is 0. The van der Waals surface area contributed by atoms with Crippen molar-refractivity contribution in [1.29, 1.82) is 0 Å². The van der Waals surface area contributed by atoms with Crippen molar-refractivity contribution < 1.29 is 5.11 Å². The average Bonchev–Trinajstić information content (AvgIpc) is 2.73. The lowest BCUT2D eigenvalue weighted by molar-refractivity contribution is 0.156. The van der Waals surface area contributed by atoms with Crippen LogP contribution in [0.5, 0.6) is 0 Å². The molecule has 18 heavy (non-hydrogen) atoms. The molecular formula is C17H30O. The minimum absolute atomic E-state index is 0.251. The molecule has 0 heterocycles.